The van der Waals surface area contributed by atoms with Gasteiger partial charge in [0.25, 0.3) is 0 Å². The summed E-state index contributed by atoms with van der Waals surface area (Å²) in [6.07, 6.45) is 3.68. The van der Waals surface area contributed by atoms with Crippen molar-refractivity contribution < 1.29 is 9.53 Å². The minimum Gasteiger partial charge on any atom is -0.466 e. The molecule has 0 aromatic heterocycles. The van der Waals surface area contributed by atoms with Gasteiger partial charge in [0.15, 0.2) is 0 Å². The van der Waals surface area contributed by atoms with Gasteiger partial charge in [-0.25, -0.2) is 4.79 Å². The van der Waals surface area contributed by atoms with Gasteiger partial charge in [-0.2, -0.15) is 0 Å². The zero-order valence-electron chi connectivity index (χ0n) is 14.2. The van der Waals surface area contributed by atoms with E-state index in [1.54, 1.807) is 6.08 Å². The van der Waals surface area contributed by atoms with Crippen LogP contribution in [-0.4, -0.2) is 13.1 Å². The van der Waals surface area contributed by atoms with E-state index >= 15 is 0 Å². The Labute approximate surface area is 147 Å². The molecule has 1 atom stereocenters. The number of carbonyl (C=O) groups is 1. The second-order valence-electron chi connectivity index (χ2n) is 6.48. The van der Waals surface area contributed by atoms with Crippen LogP contribution in [0.1, 0.15) is 29.0 Å². The first-order valence-electron chi connectivity index (χ1n) is 8.63. The number of allylic oxidation sites excluding steroid dienone is 1. The molecule has 0 bridgehead atoms. The van der Waals surface area contributed by atoms with Gasteiger partial charge in [0.1, 0.15) is 0 Å². The number of fused-ring (bicyclic) bond motifs is 2. The number of ether oxygens (including phenoxy) is 1. The molecule has 0 saturated carbocycles. The summed E-state index contributed by atoms with van der Waals surface area (Å²) in [5.74, 6) is -0.0869. The Morgan fingerprint density at radius 1 is 1.00 bits per heavy atom. The first-order chi connectivity index (χ1) is 12.3. The van der Waals surface area contributed by atoms with E-state index in [0.29, 0.717) is 0 Å². The maximum Gasteiger partial charge on any atom is 0.330 e. The Kier molecular flexibility index (Phi) is 4.10. The summed E-state index contributed by atoms with van der Waals surface area (Å²) in [5, 5.41) is 2.47. The number of hydrogen-bond acceptors (Lipinski definition) is 2. The van der Waals surface area contributed by atoms with Gasteiger partial charge >= 0.3 is 5.97 Å². The van der Waals surface area contributed by atoms with Gasteiger partial charge in [0, 0.05) is 12.0 Å². The first-order valence-corrected chi connectivity index (χ1v) is 8.63. The van der Waals surface area contributed by atoms with Gasteiger partial charge in [-0.05, 0) is 45.9 Å². The number of carbonyl (C=O) groups excluding carboxylic acids is 1. The first kappa shape index (κ1) is 15.6. The van der Waals surface area contributed by atoms with Crippen LogP contribution < -0.4 is 0 Å². The molecule has 0 amide bonds. The van der Waals surface area contributed by atoms with Crippen LogP contribution in [0, 0.1) is 0 Å². The summed E-state index contributed by atoms with van der Waals surface area (Å²) in [5.41, 5.74) is 4.78. The van der Waals surface area contributed by atoms with Crippen LogP contribution in [0.5, 0.6) is 0 Å². The molecule has 1 aliphatic rings. The van der Waals surface area contributed by atoms with E-state index in [0.717, 1.165) is 24.0 Å². The number of methoxy groups -OCH3 is 1. The van der Waals surface area contributed by atoms with Gasteiger partial charge in [-0.15, -0.1) is 0 Å². The highest BCUT2D eigenvalue weighted by molar-refractivity contribution is 5.94. The minimum absolute atomic E-state index is 0.207. The zero-order chi connectivity index (χ0) is 17.2. The Morgan fingerprint density at radius 2 is 1.76 bits per heavy atom. The van der Waals surface area contributed by atoms with Gasteiger partial charge < -0.3 is 4.74 Å². The van der Waals surface area contributed by atoms with Crippen molar-refractivity contribution >= 4 is 22.3 Å². The van der Waals surface area contributed by atoms with Gasteiger partial charge in [-0.3, -0.25) is 0 Å². The van der Waals surface area contributed by atoms with Crippen LogP contribution in [0.2, 0.25) is 0 Å². The summed E-state index contributed by atoms with van der Waals surface area (Å²) in [6.45, 7) is 0. The van der Waals surface area contributed by atoms with E-state index in [4.69, 9.17) is 4.74 Å². The molecular weight excluding hydrogens is 308 g/mol. The van der Waals surface area contributed by atoms with Crippen LogP contribution in [-0.2, 0) is 16.0 Å². The predicted octanol–water partition coefficient (Wildman–Crippen LogP) is 5.13. The molecule has 25 heavy (non-hydrogen) atoms. The Morgan fingerprint density at radius 3 is 2.60 bits per heavy atom. The molecule has 2 heteroatoms. The molecule has 0 fully saturated rings. The molecule has 2 nitrogen and oxygen atoms in total. The van der Waals surface area contributed by atoms with E-state index in [2.05, 4.69) is 60.7 Å². The standard InChI is InChI=1S/C23H20O2/c1-25-23(24)15-22-20-9-5-4-7-17(20)12-13-21(22)19-11-10-16-6-2-3-8-18(16)14-19/h2-11,14-15,21H,12-13H2,1H3. The fourth-order valence-corrected chi connectivity index (χ4v) is 3.80. The van der Waals surface area contributed by atoms with E-state index in [1.165, 1.54) is 29.0 Å². The van der Waals surface area contributed by atoms with Gasteiger partial charge in [0.05, 0.1) is 7.11 Å². The van der Waals surface area contributed by atoms with E-state index < -0.39 is 0 Å². The highest BCUT2D eigenvalue weighted by atomic mass is 16.5. The maximum atomic E-state index is 12.0. The van der Waals surface area contributed by atoms with Crippen molar-refractivity contribution in [3.8, 4) is 0 Å². The highest BCUT2D eigenvalue weighted by Crippen LogP contribution is 2.42. The molecule has 0 N–H and O–H groups in total. The van der Waals surface area contributed by atoms with Crippen LogP contribution in [0.25, 0.3) is 16.3 Å². The molecule has 1 unspecified atom stereocenters. The van der Waals surface area contributed by atoms with Crippen LogP contribution in [0.3, 0.4) is 0 Å². The molecule has 0 aliphatic heterocycles. The summed E-state index contributed by atoms with van der Waals surface area (Å²) in [7, 11) is 1.43. The van der Waals surface area contributed by atoms with E-state index in [1.807, 2.05) is 6.07 Å². The molecule has 124 valence electrons. The molecule has 4 rings (SSSR count). The largest absolute Gasteiger partial charge is 0.466 e. The van der Waals surface area contributed by atoms with Crippen molar-refractivity contribution in [1.29, 1.82) is 0 Å². The molecule has 0 heterocycles. The lowest BCUT2D eigenvalue weighted by atomic mass is 9.75. The monoisotopic (exact) mass is 328 g/mol. The molecule has 3 aromatic carbocycles. The van der Waals surface area contributed by atoms with Crippen LogP contribution >= 0.6 is 0 Å². The topological polar surface area (TPSA) is 26.3 Å². The second kappa shape index (κ2) is 6.56. The summed E-state index contributed by atoms with van der Waals surface area (Å²) < 4.78 is 4.91. The molecule has 0 spiro atoms. The van der Waals surface area contributed by atoms with E-state index in [-0.39, 0.29) is 11.9 Å². The third-order valence-electron chi connectivity index (χ3n) is 5.06. The number of benzene rings is 3. The highest BCUT2D eigenvalue weighted by Gasteiger charge is 2.26. The normalized spacial score (nSPS) is 18.1. The van der Waals surface area contributed by atoms with Gasteiger partial charge in [0.2, 0.25) is 0 Å². The molecule has 0 radical (unpaired) electrons. The van der Waals surface area contributed by atoms with Crippen LogP contribution in [0.4, 0.5) is 0 Å². The summed E-state index contributed by atoms with van der Waals surface area (Å²) in [6, 6.07) is 23.3. The molecule has 0 saturated heterocycles. The summed E-state index contributed by atoms with van der Waals surface area (Å²) in [4.78, 5) is 12.0. The van der Waals surface area contributed by atoms with E-state index in [9.17, 15) is 4.79 Å². The van der Waals surface area contributed by atoms with Crippen molar-refractivity contribution in [3.05, 3.63) is 89.5 Å². The lowest BCUT2D eigenvalue weighted by Crippen LogP contribution is -2.13. The summed E-state index contributed by atoms with van der Waals surface area (Å²) >= 11 is 0. The molecule has 3 aromatic rings. The predicted molar refractivity (Wildman–Crippen MR) is 101 cm³/mol. The average molecular weight is 328 g/mol. The third-order valence-corrected chi connectivity index (χ3v) is 5.06. The number of esters is 1. The van der Waals surface area contributed by atoms with Crippen molar-refractivity contribution in [2.45, 2.75) is 18.8 Å². The van der Waals surface area contributed by atoms with Gasteiger partial charge in [-0.1, -0.05) is 66.7 Å². The lowest BCUT2D eigenvalue weighted by Gasteiger charge is -2.28. The van der Waals surface area contributed by atoms with Crippen molar-refractivity contribution in [2.24, 2.45) is 0 Å². The molecular formula is C23H20O2. The quantitative estimate of drug-likeness (QED) is 0.482. The fraction of sp³-hybridized carbons (Fsp3) is 0.174. The number of rotatable bonds is 2. The van der Waals surface area contributed by atoms with Crippen molar-refractivity contribution in [2.75, 3.05) is 7.11 Å². The fourth-order valence-electron chi connectivity index (χ4n) is 3.80. The minimum atomic E-state index is -0.294. The SMILES string of the molecule is COC(=O)C=C1c2ccccc2CCC1c1ccc2ccccc2c1. The smallest absolute Gasteiger partial charge is 0.330 e. The van der Waals surface area contributed by atoms with Crippen molar-refractivity contribution in [3.63, 3.8) is 0 Å². The Balaban J connectivity index is 1.84. The Bertz CT molecular complexity index is 968. The third kappa shape index (κ3) is 2.96. The van der Waals surface area contributed by atoms with Crippen molar-refractivity contribution in [1.82, 2.24) is 0 Å². The Hall–Kier alpha value is -2.87. The zero-order valence-corrected chi connectivity index (χ0v) is 14.2. The average Bonchev–Trinajstić information content (AvgIpc) is 2.67. The number of hydrogen-bond donors (Lipinski definition) is 0. The maximum absolute atomic E-state index is 12.0. The number of aryl methyl sites for hydroxylation is 1. The second-order valence-corrected chi connectivity index (χ2v) is 6.48. The molecule has 1 aliphatic carbocycles. The van der Waals surface area contributed by atoms with Crippen LogP contribution in [0.15, 0.2) is 72.8 Å². The lowest BCUT2D eigenvalue weighted by molar-refractivity contribution is -0.134.